The van der Waals surface area contributed by atoms with Crippen molar-refractivity contribution in [2.24, 2.45) is 0 Å². The zero-order valence-corrected chi connectivity index (χ0v) is 13.4. The van der Waals surface area contributed by atoms with Crippen LogP contribution in [0.3, 0.4) is 0 Å². The molecule has 4 heteroatoms. The number of carbonyl (C=O) groups is 1. The first kappa shape index (κ1) is 15.4. The second-order valence-electron chi connectivity index (χ2n) is 5.43. The van der Waals surface area contributed by atoms with Crippen molar-refractivity contribution in [3.05, 3.63) is 53.1 Å². The lowest BCUT2D eigenvalue weighted by Gasteiger charge is -2.21. The molecule has 2 aromatic carbocycles. The highest BCUT2D eigenvalue weighted by molar-refractivity contribution is 6.00. The van der Waals surface area contributed by atoms with Crippen molar-refractivity contribution in [2.45, 2.75) is 26.4 Å². The fourth-order valence-electron chi connectivity index (χ4n) is 2.73. The highest BCUT2D eigenvalue weighted by atomic mass is 16.5. The molecule has 0 fully saturated rings. The molecule has 3 rings (SSSR count). The Labute approximate surface area is 136 Å². The summed E-state index contributed by atoms with van der Waals surface area (Å²) in [5.41, 5.74) is 2.69. The first-order chi connectivity index (χ1) is 11.2. The fraction of sp³-hybridized carbons (Fsp3) is 0.316. The number of Topliss-reactive ketones (excluding diaryl/α,β-unsaturated/α-hetero) is 1. The second kappa shape index (κ2) is 6.73. The van der Waals surface area contributed by atoms with Crippen LogP contribution in [-0.2, 0) is 13.0 Å². The first-order valence-electron chi connectivity index (χ1n) is 7.80. The smallest absolute Gasteiger partial charge is 0.170 e. The van der Waals surface area contributed by atoms with Crippen LogP contribution in [0.5, 0.6) is 17.2 Å². The van der Waals surface area contributed by atoms with Gasteiger partial charge in [0.1, 0.15) is 23.9 Å². The standard InChI is InChI=1S/C19H20O4/c1-3-15-18(9-8-16-17(20)10-11-22-19(15)16)23-12-13-4-6-14(21-2)7-5-13/h4-9H,3,10-12H2,1-2H3. The van der Waals surface area contributed by atoms with Gasteiger partial charge in [-0.2, -0.15) is 0 Å². The van der Waals surface area contributed by atoms with Gasteiger partial charge in [0.2, 0.25) is 0 Å². The SMILES string of the molecule is CCc1c(OCc2ccc(OC)cc2)ccc2c1OCCC2=O. The third-order valence-electron chi connectivity index (χ3n) is 4.00. The summed E-state index contributed by atoms with van der Waals surface area (Å²) in [6, 6.07) is 11.4. The molecular weight excluding hydrogens is 292 g/mol. The molecule has 0 radical (unpaired) electrons. The zero-order chi connectivity index (χ0) is 16.2. The Hall–Kier alpha value is -2.49. The molecule has 0 amide bonds. The summed E-state index contributed by atoms with van der Waals surface area (Å²) in [6.07, 6.45) is 1.20. The third-order valence-corrected chi connectivity index (χ3v) is 4.00. The van der Waals surface area contributed by atoms with Crippen molar-refractivity contribution in [1.82, 2.24) is 0 Å². The average Bonchev–Trinajstić information content (AvgIpc) is 2.60. The number of fused-ring (bicyclic) bond motifs is 1. The molecule has 0 atom stereocenters. The number of methoxy groups -OCH3 is 1. The summed E-state index contributed by atoms with van der Waals surface area (Å²) < 4.78 is 16.8. The largest absolute Gasteiger partial charge is 0.497 e. The van der Waals surface area contributed by atoms with Crippen LogP contribution in [0, 0.1) is 0 Å². The maximum absolute atomic E-state index is 12.0. The highest BCUT2D eigenvalue weighted by Gasteiger charge is 2.23. The molecule has 1 aliphatic rings. The Bertz CT molecular complexity index is 704. The van der Waals surface area contributed by atoms with Crippen molar-refractivity contribution in [2.75, 3.05) is 13.7 Å². The summed E-state index contributed by atoms with van der Waals surface area (Å²) in [5.74, 6) is 2.43. The number of ether oxygens (including phenoxy) is 3. The molecule has 1 heterocycles. The van der Waals surface area contributed by atoms with Gasteiger partial charge >= 0.3 is 0 Å². The minimum atomic E-state index is 0.141. The Kier molecular flexibility index (Phi) is 4.51. The van der Waals surface area contributed by atoms with E-state index < -0.39 is 0 Å². The zero-order valence-electron chi connectivity index (χ0n) is 13.4. The van der Waals surface area contributed by atoms with Crippen molar-refractivity contribution in [3.8, 4) is 17.2 Å². The number of hydrogen-bond acceptors (Lipinski definition) is 4. The van der Waals surface area contributed by atoms with E-state index in [9.17, 15) is 4.79 Å². The minimum absolute atomic E-state index is 0.141. The summed E-state index contributed by atoms with van der Waals surface area (Å²) in [4.78, 5) is 12.0. The molecule has 4 nitrogen and oxygen atoms in total. The molecule has 1 aliphatic heterocycles. The van der Waals surface area contributed by atoms with Crippen LogP contribution in [0.15, 0.2) is 36.4 Å². The first-order valence-corrected chi connectivity index (χ1v) is 7.80. The summed E-state index contributed by atoms with van der Waals surface area (Å²) in [6.45, 7) is 2.95. The third kappa shape index (κ3) is 3.16. The van der Waals surface area contributed by atoms with Gasteiger partial charge in [0.05, 0.1) is 19.3 Å². The van der Waals surface area contributed by atoms with Gasteiger partial charge in [-0.3, -0.25) is 4.79 Å². The van der Waals surface area contributed by atoms with Gasteiger partial charge in [0.15, 0.2) is 5.78 Å². The van der Waals surface area contributed by atoms with Crippen LogP contribution in [0.4, 0.5) is 0 Å². The Morgan fingerprint density at radius 3 is 2.61 bits per heavy atom. The molecule has 0 unspecified atom stereocenters. The molecule has 0 N–H and O–H groups in total. The lowest BCUT2D eigenvalue weighted by atomic mass is 9.99. The molecule has 23 heavy (non-hydrogen) atoms. The average molecular weight is 312 g/mol. The molecular formula is C19H20O4. The number of carbonyl (C=O) groups excluding carboxylic acids is 1. The van der Waals surface area contributed by atoms with E-state index in [0.29, 0.717) is 30.9 Å². The summed E-state index contributed by atoms with van der Waals surface area (Å²) >= 11 is 0. The van der Waals surface area contributed by atoms with Crippen LogP contribution in [-0.4, -0.2) is 19.5 Å². The van der Waals surface area contributed by atoms with Gasteiger partial charge in [-0.05, 0) is 36.2 Å². The molecule has 0 spiro atoms. The molecule has 0 aromatic heterocycles. The highest BCUT2D eigenvalue weighted by Crippen LogP contribution is 2.36. The number of rotatable bonds is 5. The van der Waals surface area contributed by atoms with E-state index in [1.165, 1.54) is 0 Å². The lowest BCUT2D eigenvalue weighted by Crippen LogP contribution is -2.17. The van der Waals surface area contributed by atoms with E-state index in [2.05, 4.69) is 0 Å². The maximum Gasteiger partial charge on any atom is 0.170 e. The summed E-state index contributed by atoms with van der Waals surface area (Å²) in [5, 5.41) is 0. The molecule has 0 saturated heterocycles. The topological polar surface area (TPSA) is 44.8 Å². The Balaban J connectivity index is 1.81. The Morgan fingerprint density at radius 1 is 1.13 bits per heavy atom. The van der Waals surface area contributed by atoms with Gasteiger partial charge in [-0.25, -0.2) is 0 Å². The number of hydrogen-bond donors (Lipinski definition) is 0. The normalized spacial score (nSPS) is 13.2. The van der Waals surface area contributed by atoms with Crippen LogP contribution in [0.25, 0.3) is 0 Å². The van der Waals surface area contributed by atoms with Crippen LogP contribution in [0.1, 0.15) is 34.8 Å². The van der Waals surface area contributed by atoms with E-state index in [-0.39, 0.29) is 5.78 Å². The van der Waals surface area contributed by atoms with E-state index in [1.807, 2.05) is 37.3 Å². The molecule has 120 valence electrons. The number of benzene rings is 2. The quantitative estimate of drug-likeness (QED) is 0.842. The molecule has 2 aromatic rings. The van der Waals surface area contributed by atoms with Gasteiger partial charge in [0.25, 0.3) is 0 Å². The van der Waals surface area contributed by atoms with Crippen molar-refractivity contribution < 1.29 is 19.0 Å². The van der Waals surface area contributed by atoms with E-state index >= 15 is 0 Å². The van der Waals surface area contributed by atoms with Gasteiger partial charge in [-0.1, -0.05) is 19.1 Å². The van der Waals surface area contributed by atoms with Crippen LogP contribution in [0.2, 0.25) is 0 Å². The van der Waals surface area contributed by atoms with Gasteiger partial charge < -0.3 is 14.2 Å². The fourth-order valence-corrected chi connectivity index (χ4v) is 2.73. The molecule has 0 saturated carbocycles. The molecule has 0 aliphatic carbocycles. The minimum Gasteiger partial charge on any atom is -0.497 e. The lowest BCUT2D eigenvalue weighted by molar-refractivity contribution is 0.0932. The monoisotopic (exact) mass is 312 g/mol. The van der Waals surface area contributed by atoms with Gasteiger partial charge in [0, 0.05) is 12.0 Å². The van der Waals surface area contributed by atoms with Crippen molar-refractivity contribution in [1.29, 1.82) is 0 Å². The van der Waals surface area contributed by atoms with Crippen molar-refractivity contribution in [3.63, 3.8) is 0 Å². The maximum atomic E-state index is 12.0. The second-order valence-corrected chi connectivity index (χ2v) is 5.43. The van der Waals surface area contributed by atoms with Gasteiger partial charge in [-0.15, -0.1) is 0 Å². The molecule has 0 bridgehead atoms. The van der Waals surface area contributed by atoms with E-state index in [4.69, 9.17) is 14.2 Å². The Morgan fingerprint density at radius 2 is 1.91 bits per heavy atom. The van der Waals surface area contributed by atoms with Crippen LogP contribution < -0.4 is 14.2 Å². The van der Waals surface area contributed by atoms with Crippen LogP contribution >= 0.6 is 0 Å². The predicted octanol–water partition coefficient (Wildman–Crippen LogP) is 3.80. The summed E-state index contributed by atoms with van der Waals surface area (Å²) in [7, 11) is 1.65. The number of ketones is 1. The van der Waals surface area contributed by atoms with Crippen molar-refractivity contribution >= 4 is 5.78 Å². The van der Waals surface area contributed by atoms with E-state index in [1.54, 1.807) is 13.2 Å². The van der Waals surface area contributed by atoms with E-state index in [0.717, 1.165) is 29.0 Å². The predicted molar refractivity (Wildman–Crippen MR) is 87.6 cm³/mol.